The highest BCUT2D eigenvalue weighted by molar-refractivity contribution is 5.79. The Labute approximate surface area is 267 Å². The molecule has 0 fully saturated rings. The number of hydrogen-bond donors (Lipinski definition) is 0. The van der Waals surface area contributed by atoms with E-state index in [2.05, 4.69) is 122 Å². The second-order valence-corrected chi connectivity index (χ2v) is 9.53. The maximum Gasteiger partial charge on any atom is 0.0715 e. The Bertz CT molecular complexity index is 1570. The van der Waals surface area contributed by atoms with Crippen LogP contribution in [0, 0.1) is 6.92 Å². The molecular weight excluding hydrogens is 532 g/mol. The van der Waals surface area contributed by atoms with Crippen LogP contribution in [0.15, 0.2) is 110 Å². The first-order chi connectivity index (χ1) is 21.6. The van der Waals surface area contributed by atoms with Crippen molar-refractivity contribution in [2.75, 3.05) is 0 Å². The molecular formula is C42H52N2. The minimum Gasteiger partial charge on any atom is -0.313 e. The normalized spacial score (nSPS) is 12.0. The van der Waals surface area contributed by atoms with E-state index >= 15 is 0 Å². The van der Waals surface area contributed by atoms with Crippen molar-refractivity contribution in [2.24, 2.45) is 0 Å². The summed E-state index contributed by atoms with van der Waals surface area (Å²) in [6.07, 6.45) is 19.0. The highest BCUT2D eigenvalue weighted by Gasteiger charge is 2.20. The van der Waals surface area contributed by atoms with Gasteiger partial charge in [-0.1, -0.05) is 133 Å². The lowest BCUT2D eigenvalue weighted by molar-refractivity contribution is 0.870. The van der Waals surface area contributed by atoms with Gasteiger partial charge in [-0.05, 0) is 91.8 Å². The topological polar surface area (TPSA) is 17.8 Å². The first-order valence-corrected chi connectivity index (χ1v) is 16.3. The van der Waals surface area contributed by atoms with E-state index in [1.165, 1.54) is 33.8 Å². The van der Waals surface area contributed by atoms with E-state index in [1.54, 1.807) is 0 Å². The minimum atomic E-state index is 0.977. The first kappa shape index (κ1) is 35.8. The van der Waals surface area contributed by atoms with E-state index in [0.29, 0.717) is 0 Å². The van der Waals surface area contributed by atoms with Crippen molar-refractivity contribution in [3.63, 3.8) is 0 Å². The molecule has 0 N–H and O–H groups in total. The van der Waals surface area contributed by atoms with E-state index < -0.39 is 0 Å². The van der Waals surface area contributed by atoms with Crippen molar-refractivity contribution < 1.29 is 0 Å². The average molecular weight is 585 g/mol. The molecule has 2 aromatic carbocycles. The largest absolute Gasteiger partial charge is 0.313 e. The van der Waals surface area contributed by atoms with Crippen LogP contribution in [0.4, 0.5) is 0 Å². The average Bonchev–Trinajstić information content (AvgIpc) is 3.40. The number of allylic oxidation sites excluding steroid dienone is 7. The molecule has 0 atom stereocenters. The van der Waals surface area contributed by atoms with Crippen LogP contribution in [0.5, 0.6) is 0 Å². The second kappa shape index (κ2) is 19.0. The third kappa shape index (κ3) is 8.35. The van der Waals surface area contributed by atoms with Crippen LogP contribution in [0.1, 0.15) is 90.0 Å². The summed E-state index contributed by atoms with van der Waals surface area (Å²) < 4.78 is 2.41. The Balaban J connectivity index is 0.00000106. The molecule has 0 bridgehead atoms. The number of aromatic nitrogens is 2. The van der Waals surface area contributed by atoms with Gasteiger partial charge in [0.05, 0.1) is 11.4 Å². The van der Waals surface area contributed by atoms with Crippen molar-refractivity contribution in [1.82, 2.24) is 9.55 Å². The molecule has 1 aliphatic carbocycles. The van der Waals surface area contributed by atoms with Gasteiger partial charge in [0, 0.05) is 22.6 Å². The molecule has 2 heterocycles. The molecule has 0 saturated heterocycles. The Morgan fingerprint density at radius 3 is 2.14 bits per heavy atom. The van der Waals surface area contributed by atoms with Gasteiger partial charge in [-0.15, -0.1) is 0 Å². The SMILES string of the molecule is C=C/C=C\c1c(C)c2c(n1-c1ccc(-c3cc(C(/C=C\C)=C/C)nc(-c4ccccc4)c3)cc1)CCC=C2.CC.CC.CC. The van der Waals surface area contributed by atoms with E-state index in [1.807, 2.05) is 66.7 Å². The lowest BCUT2D eigenvalue weighted by Crippen LogP contribution is -2.04. The number of rotatable bonds is 7. The molecule has 0 spiro atoms. The molecule has 230 valence electrons. The molecule has 44 heavy (non-hydrogen) atoms. The van der Waals surface area contributed by atoms with E-state index in [-0.39, 0.29) is 0 Å². The molecule has 4 aromatic rings. The van der Waals surface area contributed by atoms with Gasteiger partial charge in [0.1, 0.15) is 0 Å². The lowest BCUT2D eigenvalue weighted by atomic mass is 9.99. The lowest BCUT2D eigenvalue weighted by Gasteiger charge is -2.15. The number of nitrogens with zero attached hydrogens (tertiary/aromatic N) is 2. The predicted molar refractivity (Wildman–Crippen MR) is 198 cm³/mol. The molecule has 0 saturated carbocycles. The molecule has 2 heteroatoms. The fraction of sp³-hybridized carbons (Fsp3) is 0.262. The Kier molecular flexibility index (Phi) is 15.4. The summed E-state index contributed by atoms with van der Waals surface area (Å²) in [6, 6.07) is 23.7. The number of fused-ring (bicyclic) bond motifs is 1. The zero-order valence-electron chi connectivity index (χ0n) is 28.5. The van der Waals surface area contributed by atoms with Crippen molar-refractivity contribution in [2.45, 2.75) is 75.2 Å². The van der Waals surface area contributed by atoms with E-state index in [4.69, 9.17) is 4.98 Å². The third-order valence-electron chi connectivity index (χ3n) is 7.14. The minimum absolute atomic E-state index is 0.977. The summed E-state index contributed by atoms with van der Waals surface area (Å²) >= 11 is 0. The van der Waals surface area contributed by atoms with Crippen molar-refractivity contribution in [1.29, 1.82) is 0 Å². The van der Waals surface area contributed by atoms with Gasteiger partial charge >= 0.3 is 0 Å². The molecule has 5 rings (SSSR count). The summed E-state index contributed by atoms with van der Waals surface area (Å²) in [5, 5.41) is 0. The van der Waals surface area contributed by atoms with Gasteiger partial charge in [-0.25, -0.2) is 4.98 Å². The highest BCUT2D eigenvalue weighted by atomic mass is 15.0. The van der Waals surface area contributed by atoms with Crippen molar-refractivity contribution in [3.05, 3.63) is 138 Å². The summed E-state index contributed by atoms with van der Waals surface area (Å²) in [4.78, 5) is 5.03. The summed E-state index contributed by atoms with van der Waals surface area (Å²) in [5.41, 5.74) is 12.9. The van der Waals surface area contributed by atoms with Gasteiger partial charge in [0.2, 0.25) is 0 Å². The smallest absolute Gasteiger partial charge is 0.0715 e. The zero-order chi connectivity index (χ0) is 32.5. The Morgan fingerprint density at radius 1 is 0.841 bits per heavy atom. The van der Waals surface area contributed by atoms with Gasteiger partial charge in [-0.2, -0.15) is 0 Å². The van der Waals surface area contributed by atoms with Crippen LogP contribution in [-0.4, -0.2) is 9.55 Å². The van der Waals surface area contributed by atoms with Crippen molar-refractivity contribution in [3.8, 4) is 28.1 Å². The third-order valence-corrected chi connectivity index (χ3v) is 7.14. The molecule has 0 radical (unpaired) electrons. The van der Waals surface area contributed by atoms with Crippen molar-refractivity contribution >= 4 is 17.7 Å². The molecule has 0 amide bonds. The van der Waals surface area contributed by atoms with Crippen LogP contribution in [-0.2, 0) is 6.42 Å². The van der Waals surface area contributed by atoms with Gasteiger partial charge < -0.3 is 4.57 Å². The van der Waals surface area contributed by atoms with E-state index in [0.717, 1.165) is 40.9 Å². The molecule has 2 aromatic heterocycles. The summed E-state index contributed by atoms with van der Waals surface area (Å²) in [7, 11) is 0. The number of pyridine rings is 1. The molecule has 0 aliphatic heterocycles. The zero-order valence-corrected chi connectivity index (χ0v) is 28.5. The number of hydrogen-bond acceptors (Lipinski definition) is 1. The number of benzene rings is 2. The second-order valence-electron chi connectivity index (χ2n) is 9.53. The van der Waals surface area contributed by atoms with E-state index in [9.17, 15) is 0 Å². The maximum atomic E-state index is 5.03. The van der Waals surface area contributed by atoms with Gasteiger partial charge in [-0.3, -0.25) is 0 Å². The fourth-order valence-corrected chi connectivity index (χ4v) is 5.24. The summed E-state index contributed by atoms with van der Waals surface area (Å²) in [5.74, 6) is 0. The van der Waals surface area contributed by atoms with Gasteiger partial charge in [0.25, 0.3) is 0 Å². The Morgan fingerprint density at radius 2 is 1.52 bits per heavy atom. The first-order valence-electron chi connectivity index (χ1n) is 16.3. The standard InChI is InChI=1S/C36H34N2.3C2H6/c1-5-8-18-35-26(4)32-17-12-13-19-36(32)38(35)31-22-20-28(21-23-31)30-24-33(27(7-3)14-6-2)37-34(25-30)29-15-10-9-11-16-29;3*1-2/h5-12,14-18,20-25H,1,13,19H2,2-4H3;3*1-2H3/b14-6-,18-8-,27-7+;;;. The van der Waals surface area contributed by atoms with Crippen LogP contribution in [0.3, 0.4) is 0 Å². The van der Waals surface area contributed by atoms with Crippen LogP contribution >= 0.6 is 0 Å². The quantitative estimate of drug-likeness (QED) is 0.198. The molecule has 2 nitrogen and oxygen atoms in total. The van der Waals surface area contributed by atoms with Crippen LogP contribution < -0.4 is 0 Å². The summed E-state index contributed by atoms with van der Waals surface area (Å²) in [6.45, 7) is 22.2. The Hall–Kier alpha value is -4.43. The van der Waals surface area contributed by atoms with Gasteiger partial charge in [0.15, 0.2) is 0 Å². The molecule has 0 unspecified atom stereocenters. The van der Waals surface area contributed by atoms with Crippen LogP contribution in [0.25, 0.3) is 45.8 Å². The van der Waals surface area contributed by atoms with Crippen LogP contribution in [0.2, 0.25) is 0 Å². The maximum absolute atomic E-state index is 5.03. The fourth-order valence-electron chi connectivity index (χ4n) is 5.24. The molecule has 1 aliphatic rings. The highest BCUT2D eigenvalue weighted by Crippen LogP contribution is 2.34. The predicted octanol–water partition coefficient (Wildman–Crippen LogP) is 12.7. The monoisotopic (exact) mass is 584 g/mol.